The summed E-state index contributed by atoms with van der Waals surface area (Å²) in [4.78, 5) is 11.7. The number of carbonyl (C=O) groups excluding carboxylic acids is 1. The fraction of sp³-hybridized carbons (Fsp3) is 0.600. The molecule has 1 atom stereocenters. The normalized spacial score (nSPS) is 12.4. The number of hydrogen-bond donors (Lipinski definition) is 2. The van der Waals surface area contributed by atoms with Crippen molar-refractivity contribution >= 4 is 17.7 Å². The van der Waals surface area contributed by atoms with E-state index < -0.39 is 0 Å². The topological polar surface area (TPSA) is 75.4 Å². The minimum absolute atomic E-state index is 0.0436. The lowest BCUT2D eigenvalue weighted by Gasteiger charge is -2.15. The monoisotopic (exact) mass is 244 g/mol. The van der Waals surface area contributed by atoms with Gasteiger partial charge in [0.2, 0.25) is 5.76 Å². The van der Waals surface area contributed by atoms with Gasteiger partial charge in [0.1, 0.15) is 0 Å². The SMILES string of the molecule is CSC[C@H](CCO)NC(=O)c1cc(C)no1. The predicted octanol–water partition coefficient (Wildman–Crippen LogP) is 0.827. The van der Waals surface area contributed by atoms with Crippen molar-refractivity contribution in [1.82, 2.24) is 10.5 Å². The summed E-state index contributed by atoms with van der Waals surface area (Å²) in [6.07, 6.45) is 2.49. The van der Waals surface area contributed by atoms with Gasteiger partial charge < -0.3 is 14.9 Å². The van der Waals surface area contributed by atoms with Crippen LogP contribution in [0, 0.1) is 6.92 Å². The van der Waals surface area contributed by atoms with Crippen LogP contribution in [-0.2, 0) is 0 Å². The third-order valence-corrected chi connectivity index (χ3v) is 2.77. The minimum atomic E-state index is -0.284. The zero-order valence-electron chi connectivity index (χ0n) is 9.40. The Bertz CT molecular complexity index is 335. The Morgan fingerprint density at radius 3 is 3.00 bits per heavy atom. The van der Waals surface area contributed by atoms with Crippen LogP contribution < -0.4 is 5.32 Å². The summed E-state index contributed by atoms with van der Waals surface area (Å²) >= 11 is 1.62. The molecule has 0 aliphatic carbocycles. The van der Waals surface area contributed by atoms with E-state index in [9.17, 15) is 4.79 Å². The number of aromatic nitrogens is 1. The summed E-state index contributed by atoms with van der Waals surface area (Å²) in [7, 11) is 0. The fourth-order valence-electron chi connectivity index (χ4n) is 1.28. The molecule has 0 saturated heterocycles. The molecule has 0 unspecified atom stereocenters. The Morgan fingerprint density at radius 2 is 2.50 bits per heavy atom. The second kappa shape index (κ2) is 6.55. The quantitative estimate of drug-likeness (QED) is 0.775. The molecule has 0 fully saturated rings. The number of thioether (sulfide) groups is 1. The number of amides is 1. The van der Waals surface area contributed by atoms with E-state index in [0.29, 0.717) is 12.1 Å². The van der Waals surface area contributed by atoms with Crippen molar-refractivity contribution in [3.63, 3.8) is 0 Å². The molecule has 1 aromatic rings. The number of carbonyl (C=O) groups is 1. The minimum Gasteiger partial charge on any atom is -0.396 e. The smallest absolute Gasteiger partial charge is 0.290 e. The van der Waals surface area contributed by atoms with E-state index in [1.165, 1.54) is 0 Å². The van der Waals surface area contributed by atoms with Crippen LogP contribution in [0.2, 0.25) is 0 Å². The lowest BCUT2D eigenvalue weighted by Crippen LogP contribution is -2.37. The second-order valence-corrected chi connectivity index (χ2v) is 4.38. The third kappa shape index (κ3) is 3.86. The highest BCUT2D eigenvalue weighted by atomic mass is 32.2. The van der Waals surface area contributed by atoms with Gasteiger partial charge in [-0.2, -0.15) is 11.8 Å². The lowest BCUT2D eigenvalue weighted by molar-refractivity contribution is 0.0898. The highest BCUT2D eigenvalue weighted by Crippen LogP contribution is 2.05. The van der Waals surface area contributed by atoms with E-state index >= 15 is 0 Å². The van der Waals surface area contributed by atoms with Gasteiger partial charge in [-0.3, -0.25) is 4.79 Å². The largest absolute Gasteiger partial charge is 0.396 e. The van der Waals surface area contributed by atoms with Crippen LogP contribution in [0.25, 0.3) is 0 Å². The molecule has 1 aromatic heterocycles. The summed E-state index contributed by atoms with van der Waals surface area (Å²) in [5, 5.41) is 15.3. The van der Waals surface area contributed by atoms with Gasteiger partial charge in [-0.1, -0.05) is 5.16 Å². The van der Waals surface area contributed by atoms with E-state index in [-0.39, 0.29) is 24.3 Å². The van der Waals surface area contributed by atoms with Crippen molar-refractivity contribution in [2.75, 3.05) is 18.6 Å². The molecular formula is C10H16N2O3S. The average Bonchev–Trinajstić information content (AvgIpc) is 2.65. The molecule has 1 rings (SSSR count). The second-order valence-electron chi connectivity index (χ2n) is 3.47. The molecule has 1 amide bonds. The molecule has 0 aliphatic rings. The molecule has 1 heterocycles. The standard InChI is InChI=1S/C10H16N2O3S/c1-7-5-9(15-12-7)10(14)11-8(3-4-13)6-16-2/h5,8,13H,3-4,6H2,1-2H3,(H,11,14)/t8-/m0/s1. The first-order chi connectivity index (χ1) is 7.67. The number of nitrogens with zero attached hydrogens (tertiary/aromatic N) is 1. The zero-order valence-corrected chi connectivity index (χ0v) is 10.2. The van der Waals surface area contributed by atoms with Gasteiger partial charge in [-0.25, -0.2) is 0 Å². The van der Waals surface area contributed by atoms with E-state index in [1.54, 1.807) is 24.8 Å². The molecule has 0 radical (unpaired) electrons. The van der Waals surface area contributed by atoms with E-state index in [2.05, 4.69) is 10.5 Å². The lowest BCUT2D eigenvalue weighted by atomic mass is 10.2. The number of aliphatic hydroxyl groups is 1. The molecular weight excluding hydrogens is 228 g/mol. The van der Waals surface area contributed by atoms with E-state index in [4.69, 9.17) is 9.63 Å². The maximum atomic E-state index is 11.7. The molecule has 0 bridgehead atoms. The number of rotatable bonds is 6. The molecule has 5 nitrogen and oxygen atoms in total. The summed E-state index contributed by atoms with van der Waals surface area (Å²) in [6, 6.07) is 1.54. The number of aryl methyl sites for hydroxylation is 1. The van der Waals surface area contributed by atoms with Gasteiger partial charge in [0, 0.05) is 24.5 Å². The van der Waals surface area contributed by atoms with Crippen LogP contribution in [0.1, 0.15) is 22.7 Å². The van der Waals surface area contributed by atoms with Gasteiger partial charge in [-0.15, -0.1) is 0 Å². The van der Waals surface area contributed by atoms with Crippen LogP contribution >= 0.6 is 11.8 Å². The van der Waals surface area contributed by atoms with Gasteiger partial charge in [0.15, 0.2) is 0 Å². The van der Waals surface area contributed by atoms with Crippen LogP contribution in [0.3, 0.4) is 0 Å². The molecule has 2 N–H and O–H groups in total. The maximum absolute atomic E-state index is 11.7. The number of aliphatic hydroxyl groups excluding tert-OH is 1. The average molecular weight is 244 g/mol. The maximum Gasteiger partial charge on any atom is 0.290 e. The molecule has 16 heavy (non-hydrogen) atoms. The molecule has 0 saturated carbocycles. The Labute approximate surface area is 98.6 Å². The van der Waals surface area contributed by atoms with Crippen LogP contribution in [-0.4, -0.2) is 40.8 Å². The highest BCUT2D eigenvalue weighted by Gasteiger charge is 2.16. The molecule has 90 valence electrons. The summed E-state index contributed by atoms with van der Waals surface area (Å²) in [5.74, 6) is 0.689. The van der Waals surface area contributed by atoms with Crippen molar-refractivity contribution < 1.29 is 14.4 Å². The van der Waals surface area contributed by atoms with Crippen molar-refractivity contribution in [2.45, 2.75) is 19.4 Å². The summed E-state index contributed by atoms with van der Waals surface area (Å²) in [5.41, 5.74) is 0.675. The van der Waals surface area contributed by atoms with E-state index in [1.807, 2.05) is 6.26 Å². The van der Waals surface area contributed by atoms with Crippen LogP contribution in [0.5, 0.6) is 0 Å². The van der Waals surface area contributed by atoms with Gasteiger partial charge >= 0.3 is 0 Å². The number of hydrogen-bond acceptors (Lipinski definition) is 5. The zero-order chi connectivity index (χ0) is 12.0. The Kier molecular flexibility index (Phi) is 5.34. The number of nitrogens with one attached hydrogen (secondary N) is 1. The Balaban J connectivity index is 2.54. The van der Waals surface area contributed by atoms with Crippen molar-refractivity contribution in [3.05, 3.63) is 17.5 Å². The molecule has 0 spiro atoms. The van der Waals surface area contributed by atoms with Gasteiger partial charge in [0.25, 0.3) is 5.91 Å². The first kappa shape index (κ1) is 13.1. The molecule has 0 aliphatic heterocycles. The molecule has 6 heteroatoms. The highest BCUT2D eigenvalue weighted by molar-refractivity contribution is 7.98. The summed E-state index contributed by atoms with van der Waals surface area (Å²) in [6.45, 7) is 1.81. The van der Waals surface area contributed by atoms with E-state index in [0.717, 1.165) is 5.75 Å². The fourth-order valence-corrected chi connectivity index (χ4v) is 1.93. The van der Waals surface area contributed by atoms with Crippen molar-refractivity contribution in [3.8, 4) is 0 Å². The first-order valence-corrected chi connectivity index (χ1v) is 6.40. The Morgan fingerprint density at radius 1 is 1.75 bits per heavy atom. The van der Waals surface area contributed by atoms with Crippen molar-refractivity contribution in [1.29, 1.82) is 0 Å². The van der Waals surface area contributed by atoms with Gasteiger partial charge in [0.05, 0.1) is 5.69 Å². The van der Waals surface area contributed by atoms with Gasteiger partial charge in [-0.05, 0) is 19.6 Å². The van der Waals surface area contributed by atoms with Crippen LogP contribution in [0.4, 0.5) is 0 Å². The van der Waals surface area contributed by atoms with Crippen LogP contribution in [0.15, 0.2) is 10.6 Å². The predicted molar refractivity (Wildman–Crippen MR) is 62.6 cm³/mol. The first-order valence-electron chi connectivity index (χ1n) is 5.01. The third-order valence-electron chi connectivity index (χ3n) is 2.03. The van der Waals surface area contributed by atoms with Crippen molar-refractivity contribution in [2.24, 2.45) is 0 Å². The Hall–Kier alpha value is -1.01. The molecule has 0 aromatic carbocycles. The summed E-state index contributed by atoms with van der Waals surface area (Å²) < 4.78 is 4.85.